The Bertz CT molecular complexity index is 565. The van der Waals surface area contributed by atoms with Crippen LogP contribution in [0, 0.1) is 6.92 Å². The molecule has 0 amide bonds. The molecular formula is C11H16N2O6. The number of aliphatic hydroxyl groups excluding tert-OH is 2. The molecule has 8 heteroatoms. The molecule has 0 bridgehead atoms. The van der Waals surface area contributed by atoms with Gasteiger partial charge in [-0.3, -0.25) is 14.3 Å². The molecule has 0 unspecified atom stereocenters. The Morgan fingerprint density at radius 2 is 2.21 bits per heavy atom. The highest BCUT2D eigenvalue weighted by molar-refractivity contribution is 5.03. The predicted octanol–water partition coefficient (Wildman–Crippen LogP) is -1.89. The van der Waals surface area contributed by atoms with E-state index < -0.39 is 35.8 Å². The first-order valence-corrected chi connectivity index (χ1v) is 5.78. The van der Waals surface area contributed by atoms with Gasteiger partial charge in [0.05, 0.1) is 6.61 Å². The molecule has 0 spiro atoms. The van der Waals surface area contributed by atoms with Crippen LogP contribution >= 0.6 is 0 Å². The standard InChI is InChI=1S/C11H16N2O6/c1-5-3-13(11(17)12-9(5)16)10-7(15)8(18-2)6(4-14)19-10/h3,6-8,10,14-15H,4H2,1-2H3,(H,12,16,17)/t6-,7-,8-,10-/m1/s1. The molecule has 0 radical (unpaired) electrons. The second-order valence-corrected chi connectivity index (χ2v) is 4.42. The van der Waals surface area contributed by atoms with E-state index in [1.165, 1.54) is 20.2 Å². The first-order valence-electron chi connectivity index (χ1n) is 5.78. The molecule has 4 atom stereocenters. The zero-order chi connectivity index (χ0) is 14.2. The maximum atomic E-state index is 11.7. The van der Waals surface area contributed by atoms with Gasteiger partial charge in [-0.05, 0) is 6.92 Å². The van der Waals surface area contributed by atoms with Crippen LogP contribution in [0.5, 0.6) is 0 Å². The molecule has 3 N–H and O–H groups in total. The number of methoxy groups -OCH3 is 1. The highest BCUT2D eigenvalue weighted by Gasteiger charge is 2.45. The quantitative estimate of drug-likeness (QED) is 0.593. The molecule has 8 nitrogen and oxygen atoms in total. The molecule has 1 aromatic rings. The molecule has 1 aliphatic heterocycles. The second-order valence-electron chi connectivity index (χ2n) is 4.42. The van der Waals surface area contributed by atoms with Crippen molar-refractivity contribution in [3.63, 3.8) is 0 Å². The van der Waals surface area contributed by atoms with Crippen molar-refractivity contribution in [1.29, 1.82) is 0 Å². The average molecular weight is 272 g/mol. The van der Waals surface area contributed by atoms with Crippen molar-refractivity contribution in [3.05, 3.63) is 32.6 Å². The van der Waals surface area contributed by atoms with E-state index in [9.17, 15) is 14.7 Å². The lowest BCUT2D eigenvalue weighted by Gasteiger charge is -2.18. The summed E-state index contributed by atoms with van der Waals surface area (Å²) in [7, 11) is 1.38. The molecule has 106 valence electrons. The van der Waals surface area contributed by atoms with Crippen molar-refractivity contribution in [3.8, 4) is 0 Å². The summed E-state index contributed by atoms with van der Waals surface area (Å²) >= 11 is 0. The predicted molar refractivity (Wildman–Crippen MR) is 63.9 cm³/mol. The average Bonchev–Trinajstić information content (AvgIpc) is 2.70. The summed E-state index contributed by atoms with van der Waals surface area (Å²) in [6, 6.07) is 0. The van der Waals surface area contributed by atoms with Crippen molar-refractivity contribution in [2.24, 2.45) is 0 Å². The van der Waals surface area contributed by atoms with Crippen LogP contribution in [0.3, 0.4) is 0 Å². The van der Waals surface area contributed by atoms with Gasteiger partial charge in [0.15, 0.2) is 6.23 Å². The van der Waals surface area contributed by atoms with Crippen molar-refractivity contribution in [2.75, 3.05) is 13.7 Å². The van der Waals surface area contributed by atoms with Gasteiger partial charge in [0.25, 0.3) is 5.56 Å². The van der Waals surface area contributed by atoms with E-state index in [-0.39, 0.29) is 6.61 Å². The van der Waals surface area contributed by atoms with Crippen molar-refractivity contribution >= 4 is 0 Å². The van der Waals surface area contributed by atoms with Gasteiger partial charge in [0.1, 0.15) is 18.3 Å². The number of hydrogen-bond acceptors (Lipinski definition) is 6. The Labute approximate surface area is 108 Å². The zero-order valence-electron chi connectivity index (χ0n) is 10.6. The Morgan fingerprint density at radius 1 is 1.53 bits per heavy atom. The van der Waals surface area contributed by atoms with Crippen LogP contribution in [-0.4, -0.2) is 51.8 Å². The number of rotatable bonds is 3. The number of aromatic amines is 1. The number of nitrogens with one attached hydrogen (secondary N) is 1. The topological polar surface area (TPSA) is 114 Å². The third kappa shape index (κ3) is 2.35. The molecule has 0 saturated carbocycles. The Hall–Kier alpha value is -1.48. The number of nitrogens with zero attached hydrogens (tertiary/aromatic N) is 1. The maximum Gasteiger partial charge on any atom is 0.330 e. The van der Waals surface area contributed by atoms with Gasteiger partial charge in [0, 0.05) is 18.9 Å². The lowest BCUT2D eigenvalue weighted by Crippen LogP contribution is -2.39. The summed E-state index contributed by atoms with van der Waals surface area (Å²) in [5, 5.41) is 19.2. The van der Waals surface area contributed by atoms with E-state index in [1.54, 1.807) is 0 Å². The second kappa shape index (κ2) is 5.25. The van der Waals surface area contributed by atoms with Gasteiger partial charge < -0.3 is 19.7 Å². The number of aromatic nitrogens is 2. The van der Waals surface area contributed by atoms with Gasteiger partial charge in [0.2, 0.25) is 0 Å². The summed E-state index contributed by atoms with van der Waals surface area (Å²) in [4.78, 5) is 25.1. The van der Waals surface area contributed by atoms with Crippen LogP contribution in [-0.2, 0) is 9.47 Å². The maximum absolute atomic E-state index is 11.7. The monoisotopic (exact) mass is 272 g/mol. The molecule has 1 saturated heterocycles. The zero-order valence-corrected chi connectivity index (χ0v) is 10.6. The van der Waals surface area contributed by atoms with Gasteiger partial charge in [-0.15, -0.1) is 0 Å². The lowest BCUT2D eigenvalue weighted by atomic mass is 10.1. The lowest BCUT2D eigenvalue weighted by molar-refractivity contribution is -0.0569. The molecule has 1 aliphatic rings. The van der Waals surface area contributed by atoms with E-state index in [0.29, 0.717) is 5.56 Å². The van der Waals surface area contributed by atoms with Crippen LogP contribution in [0.15, 0.2) is 15.8 Å². The summed E-state index contributed by atoms with van der Waals surface area (Å²) in [5.41, 5.74) is -0.861. The summed E-state index contributed by atoms with van der Waals surface area (Å²) < 4.78 is 11.5. The highest BCUT2D eigenvalue weighted by Crippen LogP contribution is 2.29. The molecule has 0 aromatic carbocycles. The van der Waals surface area contributed by atoms with Crippen LogP contribution in [0.25, 0.3) is 0 Å². The van der Waals surface area contributed by atoms with Gasteiger partial charge in [-0.2, -0.15) is 0 Å². The van der Waals surface area contributed by atoms with Crippen LogP contribution in [0.1, 0.15) is 11.8 Å². The van der Waals surface area contributed by atoms with E-state index in [2.05, 4.69) is 4.98 Å². The number of aryl methyl sites for hydroxylation is 1. The Kier molecular flexibility index (Phi) is 3.85. The third-order valence-electron chi connectivity index (χ3n) is 3.18. The number of ether oxygens (including phenoxy) is 2. The minimum atomic E-state index is -1.12. The van der Waals surface area contributed by atoms with Gasteiger partial charge >= 0.3 is 5.69 Å². The molecular weight excluding hydrogens is 256 g/mol. The van der Waals surface area contributed by atoms with Gasteiger partial charge in [-0.1, -0.05) is 0 Å². The summed E-state index contributed by atoms with van der Waals surface area (Å²) in [6.45, 7) is 1.19. The molecule has 19 heavy (non-hydrogen) atoms. The van der Waals surface area contributed by atoms with E-state index >= 15 is 0 Å². The fourth-order valence-corrected chi connectivity index (χ4v) is 2.16. The number of hydrogen-bond donors (Lipinski definition) is 3. The SMILES string of the molecule is CO[C@H]1[C@@H](O)[C@H](n2cc(C)c(=O)[nH]c2=O)O[C@@H]1CO. The fraction of sp³-hybridized carbons (Fsp3) is 0.636. The molecule has 2 heterocycles. The summed E-state index contributed by atoms with van der Waals surface area (Å²) in [6.07, 6.45) is -2.30. The first-order chi connectivity index (χ1) is 8.99. The van der Waals surface area contributed by atoms with Crippen molar-refractivity contribution in [1.82, 2.24) is 9.55 Å². The van der Waals surface area contributed by atoms with Gasteiger partial charge in [-0.25, -0.2) is 4.79 Å². The third-order valence-corrected chi connectivity index (χ3v) is 3.18. The fourth-order valence-electron chi connectivity index (χ4n) is 2.16. The highest BCUT2D eigenvalue weighted by atomic mass is 16.6. The minimum absolute atomic E-state index is 0.316. The van der Waals surface area contributed by atoms with E-state index in [0.717, 1.165) is 4.57 Å². The molecule has 1 aromatic heterocycles. The van der Waals surface area contributed by atoms with Crippen LogP contribution in [0.4, 0.5) is 0 Å². The largest absolute Gasteiger partial charge is 0.394 e. The normalized spacial score (nSPS) is 30.7. The number of aliphatic hydroxyl groups is 2. The minimum Gasteiger partial charge on any atom is -0.394 e. The van der Waals surface area contributed by atoms with Crippen molar-refractivity contribution in [2.45, 2.75) is 31.5 Å². The first kappa shape index (κ1) is 13.9. The smallest absolute Gasteiger partial charge is 0.330 e. The van der Waals surface area contributed by atoms with Crippen LogP contribution in [0.2, 0.25) is 0 Å². The summed E-state index contributed by atoms with van der Waals surface area (Å²) in [5.74, 6) is 0. The molecule has 2 rings (SSSR count). The molecule has 1 fully saturated rings. The Balaban J connectivity index is 2.41. The van der Waals surface area contributed by atoms with Crippen molar-refractivity contribution < 1.29 is 19.7 Å². The van der Waals surface area contributed by atoms with E-state index in [4.69, 9.17) is 14.6 Å². The Morgan fingerprint density at radius 3 is 2.74 bits per heavy atom. The van der Waals surface area contributed by atoms with Crippen LogP contribution < -0.4 is 11.2 Å². The molecule has 0 aliphatic carbocycles. The van der Waals surface area contributed by atoms with E-state index in [1.807, 2.05) is 0 Å². The number of H-pyrrole nitrogens is 1.